The Morgan fingerprint density at radius 1 is 1.11 bits per heavy atom. The van der Waals surface area contributed by atoms with Crippen molar-refractivity contribution < 1.29 is 4.92 Å². The number of nitro benzene ring substituents is 1. The van der Waals surface area contributed by atoms with Gasteiger partial charge in [0.25, 0.3) is 5.69 Å². The molecule has 4 rings (SSSR count). The first-order valence-electron chi connectivity index (χ1n) is 9.60. The Balaban J connectivity index is 1.61. The summed E-state index contributed by atoms with van der Waals surface area (Å²) in [4.78, 5) is 12.9. The molecule has 0 amide bonds. The normalized spacial score (nSPS) is 20.1. The number of nitrogens with zero attached hydrogens (tertiary/aromatic N) is 3. The average molecular weight is 385 g/mol. The van der Waals surface area contributed by atoms with Crippen LogP contribution in [0.1, 0.15) is 49.4 Å². The van der Waals surface area contributed by atoms with Crippen molar-refractivity contribution in [2.45, 2.75) is 50.7 Å². The highest BCUT2D eigenvalue weighted by molar-refractivity contribution is 7.80. The van der Waals surface area contributed by atoms with Crippen LogP contribution in [-0.2, 0) is 6.54 Å². The molecule has 1 aromatic heterocycles. The zero-order valence-electron chi connectivity index (χ0n) is 15.2. The second kappa shape index (κ2) is 7.68. The van der Waals surface area contributed by atoms with Crippen LogP contribution in [0.4, 0.5) is 5.69 Å². The topological polar surface area (TPSA) is 63.3 Å². The molecule has 0 spiro atoms. The van der Waals surface area contributed by atoms with Crippen LogP contribution in [0.15, 0.2) is 42.6 Å². The molecule has 1 N–H and O–H groups in total. The van der Waals surface area contributed by atoms with Crippen molar-refractivity contribution in [3.05, 3.63) is 64.0 Å². The third-order valence-electron chi connectivity index (χ3n) is 5.65. The largest absolute Gasteiger partial charge is 0.360 e. The van der Waals surface area contributed by atoms with Crippen molar-refractivity contribution in [1.29, 1.82) is 0 Å². The van der Waals surface area contributed by atoms with E-state index in [1.165, 1.54) is 37.8 Å². The minimum absolute atomic E-state index is 0.0295. The first kappa shape index (κ1) is 18.0. The lowest BCUT2D eigenvalue weighted by atomic mass is 9.95. The molecular formula is C20H24N4O2S. The van der Waals surface area contributed by atoms with Crippen molar-refractivity contribution in [2.75, 3.05) is 6.54 Å². The molecule has 1 saturated carbocycles. The van der Waals surface area contributed by atoms with Crippen LogP contribution >= 0.6 is 12.2 Å². The molecular weight excluding hydrogens is 360 g/mol. The summed E-state index contributed by atoms with van der Waals surface area (Å²) in [6.07, 6.45) is 8.26. The molecule has 1 atom stereocenters. The lowest BCUT2D eigenvalue weighted by molar-refractivity contribution is -0.384. The summed E-state index contributed by atoms with van der Waals surface area (Å²) in [7, 11) is 0. The Labute approximate surface area is 164 Å². The third-order valence-corrected chi connectivity index (χ3v) is 6.00. The van der Waals surface area contributed by atoms with Crippen molar-refractivity contribution in [1.82, 2.24) is 14.8 Å². The van der Waals surface area contributed by atoms with Crippen molar-refractivity contribution in [3.63, 3.8) is 0 Å². The van der Waals surface area contributed by atoms with Gasteiger partial charge in [-0.25, -0.2) is 0 Å². The number of thiocarbonyl (C=S) groups is 1. The quantitative estimate of drug-likeness (QED) is 0.492. The van der Waals surface area contributed by atoms with Gasteiger partial charge in [0.1, 0.15) is 0 Å². The fourth-order valence-corrected chi connectivity index (χ4v) is 4.60. The minimum atomic E-state index is -0.361. The Morgan fingerprint density at radius 2 is 1.85 bits per heavy atom. The zero-order chi connectivity index (χ0) is 18.8. The molecule has 1 aliphatic heterocycles. The van der Waals surface area contributed by atoms with Gasteiger partial charge in [-0.15, -0.1) is 0 Å². The molecule has 1 aromatic carbocycles. The van der Waals surface area contributed by atoms with Gasteiger partial charge in [0.05, 0.1) is 11.0 Å². The zero-order valence-corrected chi connectivity index (χ0v) is 16.0. The molecule has 0 saturated heterocycles. The van der Waals surface area contributed by atoms with Crippen LogP contribution < -0.4 is 5.32 Å². The van der Waals surface area contributed by atoms with Crippen LogP contribution in [0.3, 0.4) is 0 Å². The van der Waals surface area contributed by atoms with Gasteiger partial charge in [-0.05, 0) is 54.9 Å². The van der Waals surface area contributed by atoms with Crippen LogP contribution in [0.25, 0.3) is 0 Å². The molecule has 2 heterocycles. The summed E-state index contributed by atoms with van der Waals surface area (Å²) in [6.45, 7) is 1.71. The summed E-state index contributed by atoms with van der Waals surface area (Å²) < 4.78 is 2.24. The summed E-state index contributed by atoms with van der Waals surface area (Å²) in [6, 6.07) is 11.4. The van der Waals surface area contributed by atoms with E-state index in [-0.39, 0.29) is 16.7 Å². The van der Waals surface area contributed by atoms with Crippen molar-refractivity contribution in [2.24, 2.45) is 0 Å². The second-order valence-electron chi connectivity index (χ2n) is 7.36. The molecule has 2 aliphatic rings. The second-order valence-corrected chi connectivity index (χ2v) is 7.74. The van der Waals surface area contributed by atoms with E-state index in [9.17, 15) is 10.1 Å². The van der Waals surface area contributed by atoms with E-state index >= 15 is 0 Å². The molecule has 0 unspecified atom stereocenters. The molecule has 0 bridgehead atoms. The van der Waals surface area contributed by atoms with Crippen LogP contribution in [0, 0.1) is 10.1 Å². The number of non-ortho nitro benzene ring substituents is 1. The number of hydrogen-bond acceptors (Lipinski definition) is 3. The van der Waals surface area contributed by atoms with E-state index in [4.69, 9.17) is 12.2 Å². The van der Waals surface area contributed by atoms with Gasteiger partial charge >= 0.3 is 0 Å². The smallest absolute Gasteiger partial charge is 0.269 e. The van der Waals surface area contributed by atoms with Gasteiger partial charge in [0.15, 0.2) is 5.11 Å². The molecule has 27 heavy (non-hydrogen) atoms. The molecule has 6 nitrogen and oxygen atoms in total. The average Bonchev–Trinajstić information content (AvgIpc) is 3.17. The Bertz CT molecular complexity index is 827. The first-order valence-corrected chi connectivity index (χ1v) is 10.0. The van der Waals surface area contributed by atoms with Gasteiger partial charge in [0, 0.05) is 43.2 Å². The number of nitro groups is 1. The highest BCUT2D eigenvalue weighted by Crippen LogP contribution is 2.33. The minimum Gasteiger partial charge on any atom is -0.360 e. The predicted molar refractivity (Wildman–Crippen MR) is 109 cm³/mol. The molecule has 1 aliphatic carbocycles. The van der Waals surface area contributed by atoms with E-state index in [2.05, 4.69) is 33.1 Å². The Kier molecular flexibility index (Phi) is 5.11. The number of nitrogens with one attached hydrogen (secondary N) is 1. The lowest BCUT2D eigenvalue weighted by Crippen LogP contribution is -2.50. The van der Waals surface area contributed by atoms with E-state index in [1.807, 2.05) is 12.1 Å². The van der Waals surface area contributed by atoms with E-state index < -0.39 is 0 Å². The Hall–Kier alpha value is -2.41. The van der Waals surface area contributed by atoms with E-state index in [0.717, 1.165) is 23.8 Å². The van der Waals surface area contributed by atoms with Crippen LogP contribution in [0.2, 0.25) is 0 Å². The third kappa shape index (κ3) is 3.69. The van der Waals surface area contributed by atoms with Gasteiger partial charge in [-0.1, -0.05) is 19.3 Å². The van der Waals surface area contributed by atoms with E-state index in [1.54, 1.807) is 12.1 Å². The van der Waals surface area contributed by atoms with E-state index in [0.29, 0.717) is 6.04 Å². The number of rotatable bonds is 3. The Morgan fingerprint density at radius 3 is 2.56 bits per heavy atom. The lowest BCUT2D eigenvalue weighted by Gasteiger charge is -2.40. The molecule has 0 radical (unpaired) electrons. The standard InChI is InChI=1S/C20H24N4O2S/c25-24(26)17-10-8-15(9-11-17)19-18-7-4-12-22(18)13-14-23(19)20(27)21-16-5-2-1-3-6-16/h4,7-12,16,19H,1-3,5-6,13-14H2,(H,21,27)/t19-/m1/s1. The van der Waals surface area contributed by atoms with Crippen molar-refractivity contribution in [3.8, 4) is 0 Å². The predicted octanol–water partition coefficient (Wildman–Crippen LogP) is 4.01. The van der Waals surface area contributed by atoms with Gasteiger partial charge in [-0.2, -0.15) is 0 Å². The highest BCUT2D eigenvalue weighted by Gasteiger charge is 2.31. The monoisotopic (exact) mass is 384 g/mol. The molecule has 1 fully saturated rings. The number of fused-ring (bicyclic) bond motifs is 1. The molecule has 7 heteroatoms. The first-order chi connectivity index (χ1) is 13.1. The number of aromatic nitrogens is 1. The maximum absolute atomic E-state index is 11.0. The van der Waals surface area contributed by atoms with Crippen molar-refractivity contribution >= 4 is 23.0 Å². The molecule has 142 valence electrons. The SMILES string of the molecule is O=[N+]([O-])c1ccc([C@@H]2c3cccn3CCN2C(=S)NC2CCCCC2)cc1. The number of hydrogen-bond donors (Lipinski definition) is 1. The fraction of sp³-hybridized carbons (Fsp3) is 0.450. The van der Waals surface area contributed by atoms with Gasteiger partial charge < -0.3 is 14.8 Å². The maximum atomic E-state index is 11.0. The maximum Gasteiger partial charge on any atom is 0.269 e. The summed E-state index contributed by atoms with van der Waals surface area (Å²) in [5.41, 5.74) is 2.30. The highest BCUT2D eigenvalue weighted by atomic mass is 32.1. The fourth-order valence-electron chi connectivity index (χ4n) is 4.24. The van der Waals surface area contributed by atoms with Crippen LogP contribution in [-0.4, -0.2) is 32.1 Å². The summed E-state index contributed by atoms with van der Waals surface area (Å²) >= 11 is 5.80. The molecule has 2 aromatic rings. The summed E-state index contributed by atoms with van der Waals surface area (Å²) in [5, 5.41) is 15.4. The van der Waals surface area contributed by atoms with Crippen LogP contribution in [0.5, 0.6) is 0 Å². The summed E-state index contributed by atoms with van der Waals surface area (Å²) in [5.74, 6) is 0. The number of benzene rings is 1. The van der Waals surface area contributed by atoms with Gasteiger partial charge in [-0.3, -0.25) is 10.1 Å². The van der Waals surface area contributed by atoms with Gasteiger partial charge in [0.2, 0.25) is 0 Å².